The third kappa shape index (κ3) is 1.99. The molecule has 0 fully saturated rings. The van der Waals surface area contributed by atoms with Crippen molar-refractivity contribution in [3.05, 3.63) is 41.1 Å². The molecule has 1 aromatic heterocycles. The molecular formula is C13H16N2O. The number of aliphatic hydroxyl groups is 1. The summed E-state index contributed by atoms with van der Waals surface area (Å²) < 4.78 is 0. The molecule has 0 aliphatic rings. The van der Waals surface area contributed by atoms with Crippen molar-refractivity contribution in [3.8, 4) is 11.3 Å². The van der Waals surface area contributed by atoms with E-state index in [9.17, 15) is 0 Å². The van der Waals surface area contributed by atoms with Crippen molar-refractivity contribution < 1.29 is 5.11 Å². The zero-order valence-corrected chi connectivity index (χ0v) is 9.62. The summed E-state index contributed by atoms with van der Waals surface area (Å²) in [7, 11) is 0. The highest BCUT2D eigenvalue weighted by Crippen LogP contribution is 2.24. The maximum Gasteiger partial charge on any atom is 0.0956 e. The van der Waals surface area contributed by atoms with Crippen LogP contribution in [0.2, 0.25) is 0 Å². The third-order valence-corrected chi connectivity index (χ3v) is 2.76. The van der Waals surface area contributed by atoms with Crippen LogP contribution in [0.15, 0.2) is 24.3 Å². The molecule has 0 saturated heterocycles. The zero-order chi connectivity index (χ0) is 11.5. The molecule has 2 rings (SSSR count). The Morgan fingerprint density at radius 2 is 1.88 bits per heavy atom. The summed E-state index contributed by atoms with van der Waals surface area (Å²) in [6.07, 6.45) is 0.644. The van der Waals surface area contributed by atoms with Crippen LogP contribution >= 0.6 is 0 Å². The van der Waals surface area contributed by atoms with Gasteiger partial charge in [-0.05, 0) is 20.3 Å². The quantitative estimate of drug-likeness (QED) is 0.826. The van der Waals surface area contributed by atoms with Crippen LogP contribution in [0.5, 0.6) is 0 Å². The van der Waals surface area contributed by atoms with Crippen LogP contribution in [0, 0.1) is 13.8 Å². The minimum absolute atomic E-state index is 0.152. The van der Waals surface area contributed by atoms with Crippen LogP contribution in [0.25, 0.3) is 11.3 Å². The number of aliphatic hydroxyl groups excluding tert-OH is 1. The van der Waals surface area contributed by atoms with E-state index in [1.807, 2.05) is 6.92 Å². The highest BCUT2D eigenvalue weighted by atomic mass is 16.2. The standard InChI is InChI=1S/C13H16N2O/c1-9-3-5-11(6-4-9)13-12(7-8-16)10(2)14-15-13/h3-6,16H,7-8H2,1-2H3,(H,14,15). The van der Waals surface area contributed by atoms with E-state index in [4.69, 9.17) is 5.11 Å². The predicted octanol–water partition coefficient (Wildman–Crippen LogP) is 2.23. The van der Waals surface area contributed by atoms with Gasteiger partial charge in [0.1, 0.15) is 0 Å². The molecule has 0 aliphatic heterocycles. The molecule has 3 heteroatoms. The molecule has 1 heterocycles. The second kappa shape index (κ2) is 4.49. The van der Waals surface area contributed by atoms with Crippen LogP contribution < -0.4 is 0 Å². The summed E-state index contributed by atoms with van der Waals surface area (Å²) in [6, 6.07) is 8.27. The molecule has 0 saturated carbocycles. The number of hydrogen-bond donors (Lipinski definition) is 2. The molecular weight excluding hydrogens is 200 g/mol. The number of rotatable bonds is 3. The van der Waals surface area contributed by atoms with Crippen LogP contribution in [-0.4, -0.2) is 21.9 Å². The second-order valence-electron chi connectivity index (χ2n) is 4.02. The molecule has 84 valence electrons. The predicted molar refractivity (Wildman–Crippen MR) is 64.3 cm³/mol. The van der Waals surface area contributed by atoms with Gasteiger partial charge in [-0.1, -0.05) is 29.8 Å². The number of nitrogens with zero attached hydrogens (tertiary/aromatic N) is 1. The third-order valence-electron chi connectivity index (χ3n) is 2.76. The van der Waals surface area contributed by atoms with E-state index in [0.29, 0.717) is 6.42 Å². The Balaban J connectivity index is 2.43. The largest absolute Gasteiger partial charge is 0.396 e. The smallest absolute Gasteiger partial charge is 0.0956 e. The van der Waals surface area contributed by atoms with Gasteiger partial charge in [-0.3, -0.25) is 5.10 Å². The topological polar surface area (TPSA) is 48.9 Å². The minimum atomic E-state index is 0.152. The van der Waals surface area contributed by atoms with Gasteiger partial charge in [0.05, 0.1) is 5.69 Å². The van der Waals surface area contributed by atoms with Crippen LogP contribution in [0.3, 0.4) is 0 Å². The highest BCUT2D eigenvalue weighted by Gasteiger charge is 2.11. The average molecular weight is 216 g/mol. The number of hydrogen-bond acceptors (Lipinski definition) is 2. The normalized spacial score (nSPS) is 10.7. The summed E-state index contributed by atoms with van der Waals surface area (Å²) in [5.41, 5.74) is 5.42. The van der Waals surface area contributed by atoms with Crippen molar-refractivity contribution >= 4 is 0 Å². The number of aromatic amines is 1. The van der Waals surface area contributed by atoms with Crippen molar-refractivity contribution in [2.45, 2.75) is 20.3 Å². The molecule has 0 spiro atoms. The molecule has 0 radical (unpaired) electrons. The Kier molecular flexibility index (Phi) is 3.06. The van der Waals surface area contributed by atoms with Gasteiger partial charge in [-0.25, -0.2) is 0 Å². The van der Waals surface area contributed by atoms with E-state index in [0.717, 1.165) is 22.5 Å². The Morgan fingerprint density at radius 3 is 2.50 bits per heavy atom. The van der Waals surface area contributed by atoms with Gasteiger partial charge >= 0.3 is 0 Å². The fourth-order valence-corrected chi connectivity index (χ4v) is 1.82. The molecule has 2 N–H and O–H groups in total. The van der Waals surface area contributed by atoms with E-state index >= 15 is 0 Å². The fourth-order valence-electron chi connectivity index (χ4n) is 1.82. The first-order valence-corrected chi connectivity index (χ1v) is 5.44. The Labute approximate surface area is 95.1 Å². The summed E-state index contributed by atoms with van der Waals surface area (Å²) in [6.45, 7) is 4.20. The Hall–Kier alpha value is -1.61. The van der Waals surface area contributed by atoms with E-state index in [-0.39, 0.29) is 6.61 Å². The second-order valence-corrected chi connectivity index (χ2v) is 4.02. The van der Waals surface area contributed by atoms with Crippen molar-refractivity contribution in [1.29, 1.82) is 0 Å². The molecule has 1 aromatic carbocycles. The van der Waals surface area contributed by atoms with Gasteiger partial charge in [0, 0.05) is 23.4 Å². The lowest BCUT2D eigenvalue weighted by molar-refractivity contribution is 0.299. The van der Waals surface area contributed by atoms with Gasteiger partial charge < -0.3 is 5.11 Å². The number of benzene rings is 1. The first kappa shape index (κ1) is 10.9. The van der Waals surface area contributed by atoms with Gasteiger partial charge in [-0.15, -0.1) is 0 Å². The Bertz CT molecular complexity index is 471. The van der Waals surface area contributed by atoms with Crippen LogP contribution in [0.4, 0.5) is 0 Å². The number of H-pyrrole nitrogens is 1. The average Bonchev–Trinajstić information content (AvgIpc) is 2.63. The van der Waals surface area contributed by atoms with Gasteiger partial charge in [0.25, 0.3) is 0 Å². The monoisotopic (exact) mass is 216 g/mol. The van der Waals surface area contributed by atoms with E-state index in [2.05, 4.69) is 41.4 Å². The van der Waals surface area contributed by atoms with Gasteiger partial charge in [0.2, 0.25) is 0 Å². The van der Waals surface area contributed by atoms with Crippen molar-refractivity contribution in [2.75, 3.05) is 6.61 Å². The lowest BCUT2D eigenvalue weighted by atomic mass is 10.0. The van der Waals surface area contributed by atoms with Gasteiger partial charge in [-0.2, -0.15) is 5.10 Å². The highest BCUT2D eigenvalue weighted by molar-refractivity contribution is 5.64. The Morgan fingerprint density at radius 1 is 1.19 bits per heavy atom. The summed E-state index contributed by atoms with van der Waals surface area (Å²) in [5.74, 6) is 0. The van der Waals surface area contributed by atoms with Gasteiger partial charge in [0.15, 0.2) is 0 Å². The zero-order valence-electron chi connectivity index (χ0n) is 9.62. The number of aryl methyl sites for hydroxylation is 2. The summed E-state index contributed by atoms with van der Waals surface area (Å²) in [5, 5.41) is 16.3. The van der Waals surface area contributed by atoms with E-state index in [1.165, 1.54) is 5.56 Å². The fraction of sp³-hybridized carbons (Fsp3) is 0.308. The number of nitrogens with one attached hydrogen (secondary N) is 1. The van der Waals surface area contributed by atoms with E-state index < -0.39 is 0 Å². The molecule has 0 atom stereocenters. The van der Waals surface area contributed by atoms with Crippen LogP contribution in [0.1, 0.15) is 16.8 Å². The molecule has 16 heavy (non-hydrogen) atoms. The first-order chi connectivity index (χ1) is 7.72. The SMILES string of the molecule is Cc1ccc(-c2n[nH]c(C)c2CCO)cc1. The molecule has 0 aliphatic carbocycles. The maximum absolute atomic E-state index is 9.04. The summed E-state index contributed by atoms with van der Waals surface area (Å²) in [4.78, 5) is 0. The van der Waals surface area contributed by atoms with Crippen LogP contribution in [-0.2, 0) is 6.42 Å². The number of aromatic nitrogens is 2. The molecule has 0 bridgehead atoms. The summed E-state index contributed by atoms with van der Waals surface area (Å²) >= 11 is 0. The molecule has 0 unspecified atom stereocenters. The van der Waals surface area contributed by atoms with Crippen molar-refractivity contribution in [1.82, 2.24) is 10.2 Å². The van der Waals surface area contributed by atoms with Crippen molar-refractivity contribution in [3.63, 3.8) is 0 Å². The first-order valence-electron chi connectivity index (χ1n) is 5.44. The van der Waals surface area contributed by atoms with E-state index in [1.54, 1.807) is 0 Å². The molecule has 0 amide bonds. The van der Waals surface area contributed by atoms with Crippen molar-refractivity contribution in [2.24, 2.45) is 0 Å². The lowest BCUT2D eigenvalue weighted by Gasteiger charge is -2.02. The maximum atomic E-state index is 9.04. The lowest BCUT2D eigenvalue weighted by Crippen LogP contribution is -1.94. The molecule has 2 aromatic rings. The molecule has 3 nitrogen and oxygen atoms in total. The minimum Gasteiger partial charge on any atom is -0.396 e.